The highest BCUT2D eigenvalue weighted by Crippen LogP contribution is 2.30. The minimum absolute atomic E-state index is 0.283. The highest BCUT2D eigenvalue weighted by molar-refractivity contribution is 6.31. The van der Waals surface area contributed by atoms with E-state index >= 15 is 0 Å². The number of aryl methyl sites for hydroxylation is 1. The van der Waals surface area contributed by atoms with Crippen LogP contribution in [0.4, 0.5) is 10.5 Å². The van der Waals surface area contributed by atoms with Gasteiger partial charge in [-0.1, -0.05) is 60.1 Å². The molecule has 1 heterocycles. The lowest BCUT2D eigenvalue weighted by molar-refractivity contribution is 0.252. The molecule has 4 nitrogen and oxygen atoms in total. The Labute approximate surface area is 174 Å². The number of hydrogen-bond acceptors (Lipinski definition) is 2. The second-order valence-electron chi connectivity index (χ2n) is 6.83. The third-order valence-electron chi connectivity index (χ3n) is 4.86. The van der Waals surface area contributed by atoms with Crippen LogP contribution in [0.15, 0.2) is 79.1 Å². The number of pyridine rings is 1. The van der Waals surface area contributed by atoms with E-state index in [-0.39, 0.29) is 6.03 Å². The second kappa shape index (κ2) is 8.33. The van der Waals surface area contributed by atoms with Crippen molar-refractivity contribution in [3.63, 3.8) is 0 Å². The predicted molar refractivity (Wildman–Crippen MR) is 119 cm³/mol. The molecule has 29 heavy (non-hydrogen) atoms. The molecule has 0 aliphatic rings. The molecule has 0 spiro atoms. The molecule has 3 aromatic carbocycles. The number of halogens is 1. The van der Waals surface area contributed by atoms with E-state index in [2.05, 4.69) is 33.8 Å². The third-order valence-corrected chi connectivity index (χ3v) is 5.27. The molecule has 2 amide bonds. The first-order chi connectivity index (χ1) is 14.1. The van der Waals surface area contributed by atoms with Crippen LogP contribution in [0.25, 0.3) is 21.9 Å². The van der Waals surface area contributed by atoms with Crippen LogP contribution < -0.4 is 10.6 Å². The Bertz CT molecular complexity index is 1180. The fourth-order valence-corrected chi connectivity index (χ4v) is 3.47. The Morgan fingerprint density at radius 2 is 1.83 bits per heavy atom. The molecular formula is C24H20ClN3O. The number of urea groups is 1. The topological polar surface area (TPSA) is 54.0 Å². The fraction of sp³-hybridized carbons (Fsp3) is 0.0833. The zero-order valence-corrected chi connectivity index (χ0v) is 16.7. The van der Waals surface area contributed by atoms with Crippen LogP contribution in [-0.2, 0) is 6.54 Å². The van der Waals surface area contributed by atoms with Gasteiger partial charge in [-0.05, 0) is 52.8 Å². The summed E-state index contributed by atoms with van der Waals surface area (Å²) in [6.45, 7) is 2.31. The first-order valence-electron chi connectivity index (χ1n) is 9.34. The summed E-state index contributed by atoms with van der Waals surface area (Å²) in [5, 5.41) is 8.48. The van der Waals surface area contributed by atoms with E-state index in [1.807, 2.05) is 55.6 Å². The lowest BCUT2D eigenvalue weighted by Crippen LogP contribution is -2.28. The maximum Gasteiger partial charge on any atom is 0.319 e. The van der Waals surface area contributed by atoms with E-state index in [1.54, 1.807) is 12.3 Å². The standard InChI is InChI=1S/C24H20ClN3O/c1-16-7-9-19(13-23(16)25)28-24(29)27-14-18-8-10-20(17-5-3-2-4-6-17)21-11-12-26-15-22(18)21/h2-13,15H,14H2,1H3,(H2,27,28,29). The molecule has 144 valence electrons. The normalized spacial score (nSPS) is 10.7. The molecule has 2 N–H and O–H groups in total. The smallest absolute Gasteiger partial charge is 0.319 e. The van der Waals surface area contributed by atoms with Crippen LogP contribution in [0.2, 0.25) is 5.02 Å². The first-order valence-corrected chi connectivity index (χ1v) is 9.71. The summed E-state index contributed by atoms with van der Waals surface area (Å²) in [5.41, 5.74) is 4.92. The van der Waals surface area contributed by atoms with Crippen molar-refractivity contribution in [3.8, 4) is 11.1 Å². The van der Waals surface area contributed by atoms with E-state index in [0.717, 1.165) is 33.0 Å². The van der Waals surface area contributed by atoms with Gasteiger partial charge in [0.05, 0.1) is 0 Å². The average Bonchev–Trinajstić information content (AvgIpc) is 2.75. The van der Waals surface area contributed by atoms with Gasteiger partial charge in [-0.25, -0.2) is 4.79 Å². The summed E-state index contributed by atoms with van der Waals surface area (Å²) in [6.07, 6.45) is 3.64. The number of nitrogens with zero attached hydrogens (tertiary/aromatic N) is 1. The minimum Gasteiger partial charge on any atom is -0.334 e. The molecule has 0 atom stereocenters. The highest BCUT2D eigenvalue weighted by Gasteiger charge is 2.09. The lowest BCUT2D eigenvalue weighted by atomic mass is 9.96. The van der Waals surface area contributed by atoms with Crippen LogP contribution in [-0.4, -0.2) is 11.0 Å². The zero-order valence-electron chi connectivity index (χ0n) is 15.9. The first kappa shape index (κ1) is 19.0. The van der Waals surface area contributed by atoms with Gasteiger partial charge in [0, 0.05) is 35.0 Å². The SMILES string of the molecule is Cc1ccc(NC(=O)NCc2ccc(-c3ccccc3)c3ccncc23)cc1Cl. The van der Waals surface area contributed by atoms with Gasteiger partial charge < -0.3 is 10.6 Å². The van der Waals surface area contributed by atoms with Crippen molar-refractivity contribution in [3.05, 3.63) is 95.3 Å². The van der Waals surface area contributed by atoms with Gasteiger partial charge in [-0.3, -0.25) is 4.98 Å². The number of benzene rings is 3. The van der Waals surface area contributed by atoms with Gasteiger partial charge in [-0.15, -0.1) is 0 Å². The van der Waals surface area contributed by atoms with Crippen molar-refractivity contribution < 1.29 is 4.79 Å². The number of rotatable bonds is 4. The average molecular weight is 402 g/mol. The predicted octanol–water partition coefficient (Wildman–Crippen LogP) is 6.19. The number of carbonyl (C=O) groups excluding carboxylic acids is 1. The summed E-state index contributed by atoms with van der Waals surface area (Å²) in [7, 11) is 0. The van der Waals surface area contributed by atoms with Crippen molar-refractivity contribution in [2.24, 2.45) is 0 Å². The quantitative estimate of drug-likeness (QED) is 0.428. The Morgan fingerprint density at radius 3 is 2.62 bits per heavy atom. The largest absolute Gasteiger partial charge is 0.334 e. The van der Waals surface area contributed by atoms with Crippen molar-refractivity contribution in [2.45, 2.75) is 13.5 Å². The van der Waals surface area contributed by atoms with E-state index in [0.29, 0.717) is 17.3 Å². The Kier molecular flexibility index (Phi) is 5.45. The van der Waals surface area contributed by atoms with Crippen LogP contribution >= 0.6 is 11.6 Å². The van der Waals surface area contributed by atoms with Gasteiger partial charge in [0.25, 0.3) is 0 Å². The molecule has 0 bridgehead atoms. The molecule has 1 aromatic heterocycles. The summed E-state index contributed by atoms with van der Waals surface area (Å²) in [4.78, 5) is 16.6. The summed E-state index contributed by atoms with van der Waals surface area (Å²) in [6, 6.07) is 21.5. The lowest BCUT2D eigenvalue weighted by Gasteiger charge is -2.13. The summed E-state index contributed by atoms with van der Waals surface area (Å²) < 4.78 is 0. The Hall–Kier alpha value is -3.37. The van der Waals surface area contributed by atoms with Crippen LogP contribution in [0.3, 0.4) is 0 Å². The molecule has 0 aliphatic carbocycles. The summed E-state index contributed by atoms with van der Waals surface area (Å²) >= 11 is 6.12. The number of anilines is 1. The molecule has 0 saturated heterocycles. The van der Waals surface area contributed by atoms with E-state index in [4.69, 9.17) is 11.6 Å². The van der Waals surface area contributed by atoms with Crippen LogP contribution in [0.5, 0.6) is 0 Å². The van der Waals surface area contributed by atoms with E-state index in [1.165, 1.54) is 0 Å². The Morgan fingerprint density at radius 1 is 1.00 bits per heavy atom. The molecule has 4 aromatic rings. The fourth-order valence-electron chi connectivity index (χ4n) is 3.29. The van der Waals surface area contributed by atoms with Gasteiger partial charge in [-0.2, -0.15) is 0 Å². The molecule has 0 unspecified atom stereocenters. The molecule has 0 radical (unpaired) electrons. The summed E-state index contributed by atoms with van der Waals surface area (Å²) in [5.74, 6) is 0. The maximum absolute atomic E-state index is 12.3. The van der Waals surface area contributed by atoms with Gasteiger partial charge in [0.15, 0.2) is 0 Å². The van der Waals surface area contributed by atoms with Gasteiger partial charge >= 0.3 is 6.03 Å². The van der Waals surface area contributed by atoms with Gasteiger partial charge in [0.2, 0.25) is 0 Å². The molecule has 5 heteroatoms. The minimum atomic E-state index is -0.283. The van der Waals surface area contributed by atoms with Crippen molar-refractivity contribution in [1.29, 1.82) is 0 Å². The maximum atomic E-state index is 12.3. The highest BCUT2D eigenvalue weighted by atomic mass is 35.5. The monoisotopic (exact) mass is 401 g/mol. The number of nitrogens with one attached hydrogen (secondary N) is 2. The van der Waals surface area contributed by atoms with Crippen molar-refractivity contribution >= 4 is 34.1 Å². The molecule has 0 aliphatic heterocycles. The van der Waals surface area contributed by atoms with E-state index in [9.17, 15) is 4.79 Å². The number of hydrogen-bond donors (Lipinski definition) is 2. The number of aromatic nitrogens is 1. The van der Waals surface area contributed by atoms with Gasteiger partial charge in [0.1, 0.15) is 0 Å². The molecular weight excluding hydrogens is 382 g/mol. The second-order valence-corrected chi connectivity index (χ2v) is 7.24. The molecule has 4 rings (SSSR count). The van der Waals surface area contributed by atoms with Crippen LogP contribution in [0.1, 0.15) is 11.1 Å². The molecule has 0 saturated carbocycles. The number of fused-ring (bicyclic) bond motifs is 1. The molecule has 0 fully saturated rings. The Balaban J connectivity index is 1.54. The van der Waals surface area contributed by atoms with Crippen LogP contribution in [0, 0.1) is 6.92 Å². The van der Waals surface area contributed by atoms with Crippen molar-refractivity contribution in [2.75, 3.05) is 5.32 Å². The van der Waals surface area contributed by atoms with Crippen molar-refractivity contribution in [1.82, 2.24) is 10.3 Å². The third kappa shape index (κ3) is 4.23. The number of carbonyl (C=O) groups is 1. The zero-order chi connectivity index (χ0) is 20.2. The van der Waals surface area contributed by atoms with E-state index < -0.39 is 0 Å². The number of amides is 2.